The van der Waals surface area contributed by atoms with Crippen LogP contribution in [-0.4, -0.2) is 62.9 Å². The average molecular weight is 931 g/mol. The fraction of sp³-hybridized carbons (Fsp3) is 0.348. The van der Waals surface area contributed by atoms with E-state index in [9.17, 15) is 35.2 Å². The Hall–Kier alpha value is -6.18. The van der Waals surface area contributed by atoms with Crippen LogP contribution in [0.3, 0.4) is 0 Å². The van der Waals surface area contributed by atoms with Gasteiger partial charge in [-0.2, -0.15) is 8.42 Å². The van der Waals surface area contributed by atoms with Crippen molar-refractivity contribution in [1.29, 1.82) is 0 Å². The second kappa shape index (κ2) is 19.9. The lowest BCUT2D eigenvalue weighted by Crippen LogP contribution is -2.32. The fourth-order valence-electron chi connectivity index (χ4n) is 7.30. The number of nitrogens with one attached hydrogen (secondary N) is 1. The van der Waals surface area contributed by atoms with Crippen molar-refractivity contribution in [2.75, 3.05) is 0 Å². The molecule has 2 aliphatic carbocycles. The second-order valence-electron chi connectivity index (χ2n) is 16.8. The molecule has 15 nitrogen and oxygen atoms in total. The Bertz CT molecular complexity index is 2940. The highest BCUT2D eigenvalue weighted by atomic mass is 32.2. The number of sulfonamides is 2. The number of primary sulfonamides is 1. The van der Waals surface area contributed by atoms with Crippen LogP contribution in [-0.2, 0) is 42.5 Å². The monoisotopic (exact) mass is 930 g/mol. The summed E-state index contributed by atoms with van der Waals surface area (Å²) in [6, 6.07) is 13.5. The zero-order valence-corrected chi connectivity index (χ0v) is 38.5. The first-order valence-corrected chi connectivity index (χ1v) is 24.0. The lowest BCUT2D eigenvalue weighted by Gasteiger charge is -2.18. The van der Waals surface area contributed by atoms with Crippen molar-refractivity contribution in [1.82, 2.24) is 33.8 Å². The zero-order chi connectivity index (χ0) is 47.4. The highest BCUT2D eigenvalue weighted by Crippen LogP contribution is 2.37. The summed E-state index contributed by atoms with van der Waals surface area (Å²) in [6.07, 6.45) is 13.0. The molecule has 19 heteroatoms. The first-order valence-electron chi connectivity index (χ1n) is 21.0. The van der Waals surface area contributed by atoms with Gasteiger partial charge in [0, 0.05) is 48.3 Å². The van der Waals surface area contributed by atoms with Gasteiger partial charge in [0.25, 0.3) is 20.0 Å². The van der Waals surface area contributed by atoms with Crippen molar-refractivity contribution in [2.24, 2.45) is 5.14 Å². The third-order valence-electron chi connectivity index (χ3n) is 10.7. The number of rotatable bonds is 13. The van der Waals surface area contributed by atoms with E-state index < -0.39 is 37.7 Å². The molecular formula is C46H52F2N8O7S2. The summed E-state index contributed by atoms with van der Waals surface area (Å²) in [5.74, 6) is -2.40. The van der Waals surface area contributed by atoms with Crippen LogP contribution in [0.15, 0.2) is 96.0 Å². The second-order valence-corrected chi connectivity index (χ2v) is 20.0. The van der Waals surface area contributed by atoms with Crippen LogP contribution >= 0.6 is 0 Å². The molecule has 65 heavy (non-hydrogen) atoms. The Balaban J connectivity index is 0.000000181. The number of hydrogen-bond acceptors (Lipinski definition) is 10. The molecule has 0 saturated heterocycles. The minimum absolute atomic E-state index is 0.0469. The topological polar surface area (TPSA) is 222 Å². The van der Waals surface area contributed by atoms with Crippen LogP contribution in [0.2, 0.25) is 0 Å². The number of aliphatic carboxylic acids is 1. The number of aryl methyl sites for hydroxylation is 2. The van der Waals surface area contributed by atoms with Crippen molar-refractivity contribution in [3.8, 4) is 22.3 Å². The van der Waals surface area contributed by atoms with Crippen LogP contribution in [0.5, 0.6) is 0 Å². The van der Waals surface area contributed by atoms with Gasteiger partial charge < -0.3 is 14.2 Å². The molecule has 4 aromatic heterocycles. The number of nitrogens with zero attached hydrogens (tertiary/aromatic N) is 6. The summed E-state index contributed by atoms with van der Waals surface area (Å²) in [5, 5.41) is 13.8. The van der Waals surface area contributed by atoms with Crippen LogP contribution in [0.4, 0.5) is 8.78 Å². The smallest absolute Gasteiger partial charge is 0.307 e. The number of hydrogen-bond donors (Lipinski definition) is 3. The minimum Gasteiger partial charge on any atom is -0.481 e. The molecule has 4 heterocycles. The number of pyridine rings is 2. The van der Waals surface area contributed by atoms with Gasteiger partial charge in [-0.25, -0.2) is 37.0 Å². The number of carbonyl (C=O) groups is 2. The van der Waals surface area contributed by atoms with Gasteiger partial charge in [0.05, 0.1) is 25.5 Å². The number of imidazole rings is 2. The first-order chi connectivity index (χ1) is 30.6. The Morgan fingerprint density at radius 3 is 1.52 bits per heavy atom. The number of nitrogens with two attached hydrogens (primary N) is 1. The summed E-state index contributed by atoms with van der Waals surface area (Å²) >= 11 is 0. The molecule has 0 spiro atoms. The van der Waals surface area contributed by atoms with Gasteiger partial charge in [0.2, 0.25) is 5.91 Å². The third kappa shape index (κ3) is 12.8. The van der Waals surface area contributed by atoms with Crippen LogP contribution < -0.4 is 9.86 Å². The molecule has 4 N–H and O–H groups in total. The number of carboxylic acid groups (broad SMARTS) is 1. The normalized spacial score (nSPS) is 13.8. The van der Waals surface area contributed by atoms with Gasteiger partial charge in [-0.1, -0.05) is 27.7 Å². The van der Waals surface area contributed by atoms with E-state index in [0.29, 0.717) is 39.4 Å². The molecule has 2 fully saturated rings. The van der Waals surface area contributed by atoms with E-state index in [1.165, 1.54) is 49.3 Å². The number of carbonyl (C=O) groups excluding carboxylic acids is 1. The van der Waals surface area contributed by atoms with Crippen molar-refractivity contribution >= 4 is 31.9 Å². The summed E-state index contributed by atoms with van der Waals surface area (Å²) in [4.78, 5) is 40.0. The predicted molar refractivity (Wildman–Crippen MR) is 240 cm³/mol. The van der Waals surface area contributed by atoms with E-state index in [0.717, 1.165) is 48.2 Å². The van der Waals surface area contributed by atoms with Crippen molar-refractivity contribution < 1.29 is 40.3 Å². The van der Waals surface area contributed by atoms with E-state index >= 15 is 0 Å². The van der Waals surface area contributed by atoms with Crippen LogP contribution in [0.25, 0.3) is 22.3 Å². The summed E-state index contributed by atoms with van der Waals surface area (Å²) in [5.41, 5.74) is 6.89. The molecular weight excluding hydrogens is 879 g/mol. The fourth-order valence-corrected chi connectivity index (χ4v) is 8.68. The van der Waals surface area contributed by atoms with E-state index in [-0.39, 0.29) is 46.6 Å². The standard InChI is InChI=1S/C23H25FN4O3S.C17H18FNO2.C6H9N3O2S/c1-14(2)19-9-17(24)10-20(16-6-7-25-15(3)8-16)21(19)11-22(29)27-32(30,31)23-12-28(13-26-23)18-4-5-18;1-10(2)14-7-13(18)8-15(16(14)9-17(20)21)12-4-5-19-11(3)6-12;7-12(10,11)6-3-9(4-8-6)5-1-2-5/h6-10,12-14,18H,4-5,11H2,1-3H3,(H,27,29);4-8,10H,9H2,1-3H3,(H,20,21);3-5H,1-2H2,(H2,7,10,11). The molecule has 0 bridgehead atoms. The van der Waals surface area contributed by atoms with E-state index in [1.807, 2.05) is 53.7 Å². The van der Waals surface area contributed by atoms with Crippen LogP contribution in [0, 0.1) is 25.5 Å². The molecule has 0 radical (unpaired) electrons. The number of benzene rings is 2. The number of carboxylic acids is 1. The van der Waals surface area contributed by atoms with Gasteiger partial charge in [-0.15, -0.1) is 0 Å². The van der Waals surface area contributed by atoms with E-state index in [2.05, 4.69) is 24.7 Å². The predicted octanol–water partition coefficient (Wildman–Crippen LogP) is 7.71. The molecule has 6 aromatic rings. The Kier molecular flexibility index (Phi) is 14.8. The first kappa shape index (κ1) is 48.3. The maximum absolute atomic E-state index is 14.4. The number of aromatic nitrogens is 6. The molecule has 0 aliphatic heterocycles. The highest BCUT2D eigenvalue weighted by molar-refractivity contribution is 7.90. The molecule has 344 valence electrons. The minimum atomic E-state index is -4.11. The quantitative estimate of drug-likeness (QED) is 0.102. The number of amides is 1. The average Bonchev–Trinajstić information content (AvgIpc) is 4.15. The lowest BCUT2D eigenvalue weighted by molar-refractivity contribution is -0.136. The number of halogens is 2. The molecule has 0 unspecified atom stereocenters. The molecule has 8 rings (SSSR count). The molecule has 0 atom stereocenters. The van der Waals surface area contributed by atoms with Crippen LogP contribution in [0.1, 0.15) is 111 Å². The maximum atomic E-state index is 14.4. The molecule has 2 saturated carbocycles. The van der Waals surface area contributed by atoms with Gasteiger partial charge in [-0.3, -0.25) is 19.6 Å². The summed E-state index contributed by atoms with van der Waals surface area (Å²) in [6.45, 7) is 11.3. The van der Waals surface area contributed by atoms with E-state index in [1.54, 1.807) is 33.7 Å². The Labute approximate surface area is 377 Å². The van der Waals surface area contributed by atoms with Gasteiger partial charge in [0.15, 0.2) is 10.1 Å². The van der Waals surface area contributed by atoms with Crippen molar-refractivity contribution in [2.45, 2.75) is 114 Å². The van der Waals surface area contributed by atoms with Crippen molar-refractivity contribution in [3.05, 3.63) is 131 Å². The maximum Gasteiger partial charge on any atom is 0.307 e. The molecule has 2 aromatic carbocycles. The van der Waals surface area contributed by atoms with Gasteiger partial charge in [-0.05, 0) is 144 Å². The van der Waals surface area contributed by atoms with E-state index in [4.69, 9.17) is 10.2 Å². The highest BCUT2D eigenvalue weighted by Gasteiger charge is 2.28. The van der Waals surface area contributed by atoms with Crippen molar-refractivity contribution in [3.63, 3.8) is 0 Å². The summed E-state index contributed by atoms with van der Waals surface area (Å²) in [7, 11) is -7.73. The Morgan fingerprint density at radius 1 is 0.708 bits per heavy atom. The van der Waals surface area contributed by atoms with Gasteiger partial charge >= 0.3 is 5.97 Å². The van der Waals surface area contributed by atoms with Gasteiger partial charge in [0.1, 0.15) is 11.6 Å². The molecule has 1 amide bonds. The summed E-state index contributed by atoms with van der Waals surface area (Å²) < 4.78 is 81.0. The lowest BCUT2D eigenvalue weighted by atomic mass is 9.88. The largest absolute Gasteiger partial charge is 0.481 e. The SMILES string of the molecule is Cc1cc(-c2cc(F)cc(C(C)C)c2CC(=O)NS(=O)(=O)c2cn(C3CC3)cn2)ccn1.Cc1cc(-c2cc(F)cc(C(C)C)c2CC(=O)O)ccn1.NS(=O)(=O)c1cn(C2CC2)cn1. The molecule has 2 aliphatic rings. The third-order valence-corrected chi connectivity index (χ3v) is 12.8. The zero-order valence-electron chi connectivity index (χ0n) is 36.9. The Morgan fingerprint density at radius 2 is 1.14 bits per heavy atom.